The zero-order chi connectivity index (χ0) is 6.24. The molecule has 0 spiro atoms. The second kappa shape index (κ2) is 11.1. The van der Waals surface area contributed by atoms with Crippen LogP contribution in [0.25, 0.3) is 0 Å². The monoisotopic (exact) mass is 149 g/mol. The Kier molecular flexibility index (Phi) is 14.9. The normalized spacial score (nSPS) is 8.67. The lowest BCUT2D eigenvalue weighted by molar-refractivity contribution is 0.637. The standard InChI is InChI=1S/C8H17.ClH/c1-3-5-7-8-6-4-2;/h1,3-8H2,2H3;1H. The summed E-state index contributed by atoms with van der Waals surface area (Å²) in [6, 6.07) is 0. The van der Waals surface area contributed by atoms with E-state index in [1.54, 1.807) is 0 Å². The Labute approximate surface area is 65.4 Å². The molecule has 57 valence electrons. The number of hydrogen-bond donors (Lipinski definition) is 0. The molecule has 0 aliphatic rings. The lowest BCUT2D eigenvalue weighted by Crippen LogP contribution is -1.74. The van der Waals surface area contributed by atoms with Crippen molar-refractivity contribution >= 4 is 12.4 Å². The summed E-state index contributed by atoms with van der Waals surface area (Å²) in [6.07, 6.45) is 7.98. The van der Waals surface area contributed by atoms with Crippen molar-refractivity contribution in [2.45, 2.75) is 45.4 Å². The van der Waals surface area contributed by atoms with Gasteiger partial charge < -0.3 is 0 Å². The highest BCUT2D eigenvalue weighted by Crippen LogP contribution is 2.03. The van der Waals surface area contributed by atoms with E-state index in [4.69, 9.17) is 0 Å². The van der Waals surface area contributed by atoms with E-state index >= 15 is 0 Å². The molecule has 0 bridgehead atoms. The van der Waals surface area contributed by atoms with Crippen molar-refractivity contribution in [1.29, 1.82) is 0 Å². The van der Waals surface area contributed by atoms with Crippen LogP contribution in [0.3, 0.4) is 0 Å². The van der Waals surface area contributed by atoms with Gasteiger partial charge in [0, 0.05) is 0 Å². The van der Waals surface area contributed by atoms with Crippen LogP contribution >= 0.6 is 12.4 Å². The van der Waals surface area contributed by atoms with Crippen LogP contribution in [0.1, 0.15) is 45.4 Å². The van der Waals surface area contributed by atoms with Gasteiger partial charge in [-0.1, -0.05) is 52.4 Å². The van der Waals surface area contributed by atoms with Crippen molar-refractivity contribution in [2.24, 2.45) is 0 Å². The van der Waals surface area contributed by atoms with E-state index in [0.717, 1.165) is 6.42 Å². The fourth-order valence-corrected chi connectivity index (χ4v) is 0.780. The largest absolute Gasteiger partial charge is 0.147 e. The van der Waals surface area contributed by atoms with Crippen LogP contribution in [0.4, 0.5) is 0 Å². The Morgan fingerprint density at radius 2 is 1.56 bits per heavy atom. The van der Waals surface area contributed by atoms with Crippen LogP contribution in [0, 0.1) is 6.92 Å². The van der Waals surface area contributed by atoms with Gasteiger partial charge in [0.2, 0.25) is 0 Å². The van der Waals surface area contributed by atoms with Crippen molar-refractivity contribution in [2.75, 3.05) is 0 Å². The van der Waals surface area contributed by atoms with Gasteiger partial charge in [-0.15, -0.1) is 12.4 Å². The number of rotatable bonds is 5. The molecule has 0 N–H and O–H groups in total. The fourth-order valence-electron chi connectivity index (χ4n) is 0.780. The van der Waals surface area contributed by atoms with E-state index in [1.165, 1.54) is 32.1 Å². The molecule has 0 unspecified atom stereocenters. The summed E-state index contributed by atoms with van der Waals surface area (Å²) >= 11 is 0. The highest BCUT2D eigenvalue weighted by atomic mass is 35.5. The minimum atomic E-state index is 0. The molecule has 0 heterocycles. The lowest BCUT2D eigenvalue weighted by atomic mass is 10.1. The Morgan fingerprint density at radius 3 is 2.00 bits per heavy atom. The van der Waals surface area contributed by atoms with Crippen LogP contribution < -0.4 is 0 Å². The summed E-state index contributed by atoms with van der Waals surface area (Å²) in [6.45, 7) is 6.02. The van der Waals surface area contributed by atoms with Crippen molar-refractivity contribution in [3.63, 3.8) is 0 Å². The zero-order valence-corrected chi connectivity index (χ0v) is 7.17. The van der Waals surface area contributed by atoms with Gasteiger partial charge in [0.1, 0.15) is 0 Å². The average Bonchev–Trinajstić information content (AvgIpc) is 1.81. The molecule has 0 aromatic heterocycles. The third kappa shape index (κ3) is 11.7. The lowest BCUT2D eigenvalue weighted by Gasteiger charge is -1.93. The predicted octanol–water partition coefficient (Wildman–Crippen LogP) is 3.60. The van der Waals surface area contributed by atoms with Gasteiger partial charge in [-0.25, -0.2) is 0 Å². The second-order valence-electron chi connectivity index (χ2n) is 2.27. The molecule has 0 fully saturated rings. The summed E-state index contributed by atoms with van der Waals surface area (Å²) in [5.41, 5.74) is 0. The molecule has 1 radical (unpaired) electrons. The van der Waals surface area contributed by atoms with Gasteiger partial charge in [-0.05, 0) is 0 Å². The van der Waals surface area contributed by atoms with Gasteiger partial charge in [-0.2, -0.15) is 0 Å². The van der Waals surface area contributed by atoms with Gasteiger partial charge >= 0.3 is 0 Å². The minimum absolute atomic E-state index is 0. The Balaban J connectivity index is 0. The van der Waals surface area contributed by atoms with E-state index in [-0.39, 0.29) is 12.4 Å². The molecule has 9 heavy (non-hydrogen) atoms. The van der Waals surface area contributed by atoms with Gasteiger partial charge in [0.05, 0.1) is 0 Å². The van der Waals surface area contributed by atoms with E-state index in [1.807, 2.05) is 0 Å². The molecule has 0 aromatic carbocycles. The van der Waals surface area contributed by atoms with Gasteiger partial charge in [0.25, 0.3) is 0 Å². The van der Waals surface area contributed by atoms with Gasteiger partial charge in [0.15, 0.2) is 0 Å². The van der Waals surface area contributed by atoms with Crippen LogP contribution in [0.15, 0.2) is 0 Å². The summed E-state index contributed by atoms with van der Waals surface area (Å²) < 4.78 is 0. The van der Waals surface area contributed by atoms with Crippen LogP contribution in [-0.4, -0.2) is 0 Å². The highest BCUT2D eigenvalue weighted by molar-refractivity contribution is 5.85. The molecular formula is C8H18Cl. The molecule has 0 saturated carbocycles. The number of hydrogen-bond acceptors (Lipinski definition) is 0. The molecule has 0 amide bonds. The first-order valence-corrected chi connectivity index (χ1v) is 3.71. The molecule has 0 saturated heterocycles. The van der Waals surface area contributed by atoms with Crippen molar-refractivity contribution in [3.05, 3.63) is 6.92 Å². The maximum Gasteiger partial charge on any atom is -0.0533 e. The van der Waals surface area contributed by atoms with E-state index in [0.29, 0.717) is 0 Å². The van der Waals surface area contributed by atoms with Crippen molar-refractivity contribution in [3.8, 4) is 0 Å². The second-order valence-corrected chi connectivity index (χ2v) is 2.27. The van der Waals surface area contributed by atoms with Crippen molar-refractivity contribution in [1.82, 2.24) is 0 Å². The minimum Gasteiger partial charge on any atom is -0.147 e. The molecule has 0 aliphatic heterocycles. The first-order valence-electron chi connectivity index (χ1n) is 3.71. The molecule has 1 heteroatoms. The fraction of sp³-hybridized carbons (Fsp3) is 0.875. The van der Waals surface area contributed by atoms with E-state index in [2.05, 4.69) is 13.8 Å². The van der Waals surface area contributed by atoms with E-state index < -0.39 is 0 Å². The van der Waals surface area contributed by atoms with E-state index in [9.17, 15) is 0 Å². The summed E-state index contributed by atoms with van der Waals surface area (Å²) in [4.78, 5) is 0. The van der Waals surface area contributed by atoms with Gasteiger partial charge in [-0.3, -0.25) is 0 Å². The average molecular weight is 150 g/mol. The summed E-state index contributed by atoms with van der Waals surface area (Å²) in [5, 5.41) is 0. The quantitative estimate of drug-likeness (QED) is 0.524. The third-order valence-electron chi connectivity index (χ3n) is 1.35. The highest BCUT2D eigenvalue weighted by Gasteiger charge is 1.83. The molecular weight excluding hydrogens is 132 g/mol. The molecule has 0 rings (SSSR count). The number of unbranched alkanes of at least 4 members (excludes halogenated alkanes) is 5. The molecule has 0 nitrogen and oxygen atoms in total. The Morgan fingerprint density at radius 1 is 1.00 bits per heavy atom. The first-order chi connectivity index (χ1) is 3.91. The smallest absolute Gasteiger partial charge is 0.0533 e. The number of halogens is 1. The first kappa shape index (κ1) is 12.0. The molecule has 0 aromatic rings. The van der Waals surface area contributed by atoms with Crippen LogP contribution in [0.5, 0.6) is 0 Å². The Bertz CT molecular complexity index is 29.5. The summed E-state index contributed by atoms with van der Waals surface area (Å²) in [5.74, 6) is 0. The predicted molar refractivity (Wildman–Crippen MR) is 46.0 cm³/mol. The zero-order valence-electron chi connectivity index (χ0n) is 6.36. The van der Waals surface area contributed by atoms with Crippen LogP contribution in [0.2, 0.25) is 0 Å². The maximum absolute atomic E-state index is 3.78. The van der Waals surface area contributed by atoms with Crippen LogP contribution in [-0.2, 0) is 0 Å². The summed E-state index contributed by atoms with van der Waals surface area (Å²) in [7, 11) is 0. The van der Waals surface area contributed by atoms with Crippen molar-refractivity contribution < 1.29 is 0 Å². The topological polar surface area (TPSA) is 0 Å². The maximum atomic E-state index is 3.78. The SMILES string of the molecule is Cl.[CH2]CCCCCCC. The third-order valence-corrected chi connectivity index (χ3v) is 1.35. The Hall–Kier alpha value is 0.290. The molecule has 0 atom stereocenters. The molecule has 0 aliphatic carbocycles.